The van der Waals surface area contributed by atoms with Crippen LogP contribution in [0.5, 0.6) is 11.5 Å². The summed E-state index contributed by atoms with van der Waals surface area (Å²) < 4.78 is 11.0. The molecule has 0 aromatic heterocycles. The molecule has 0 bridgehead atoms. The van der Waals surface area contributed by atoms with Crippen molar-refractivity contribution in [3.63, 3.8) is 0 Å². The van der Waals surface area contributed by atoms with Crippen LogP contribution in [-0.4, -0.2) is 32.2 Å². The average molecular weight is 317 g/mol. The molecular formula is C20H31NO2. The van der Waals surface area contributed by atoms with Crippen LogP contribution in [0.15, 0.2) is 12.1 Å². The molecule has 0 aliphatic carbocycles. The van der Waals surface area contributed by atoms with Crippen molar-refractivity contribution in [3.8, 4) is 11.5 Å². The highest BCUT2D eigenvalue weighted by Gasteiger charge is 2.37. The molecule has 3 atom stereocenters. The van der Waals surface area contributed by atoms with Crippen molar-refractivity contribution in [1.29, 1.82) is 0 Å². The minimum absolute atomic E-state index is 0.553. The lowest BCUT2D eigenvalue weighted by Crippen LogP contribution is -2.45. The van der Waals surface area contributed by atoms with Gasteiger partial charge < -0.3 is 9.47 Å². The molecule has 1 saturated heterocycles. The molecule has 1 aromatic carbocycles. The summed E-state index contributed by atoms with van der Waals surface area (Å²) in [7, 11) is 3.45. The Morgan fingerprint density at radius 3 is 2.52 bits per heavy atom. The Balaban J connectivity index is 1.87. The van der Waals surface area contributed by atoms with E-state index in [9.17, 15) is 0 Å². The molecule has 0 saturated carbocycles. The molecule has 3 nitrogen and oxygen atoms in total. The van der Waals surface area contributed by atoms with Crippen molar-refractivity contribution in [2.45, 2.75) is 46.1 Å². The van der Waals surface area contributed by atoms with Gasteiger partial charge in [-0.2, -0.15) is 0 Å². The van der Waals surface area contributed by atoms with E-state index < -0.39 is 0 Å². The molecule has 128 valence electrons. The molecular weight excluding hydrogens is 286 g/mol. The molecule has 3 heteroatoms. The molecule has 2 aliphatic rings. The lowest BCUT2D eigenvalue weighted by atomic mass is 9.75. The largest absolute Gasteiger partial charge is 0.493 e. The lowest BCUT2D eigenvalue weighted by Gasteiger charge is -2.47. The van der Waals surface area contributed by atoms with Gasteiger partial charge in [0.1, 0.15) is 0 Å². The van der Waals surface area contributed by atoms with Crippen LogP contribution in [-0.2, 0) is 6.42 Å². The molecule has 0 amide bonds. The standard InChI is InChI=1S/C20H31NO2/c1-13(2)8-16-12-21-7-6-15-10-19(22-4)20(23-5)11-17(15)18(21)9-14(16)3/h10-11,13-14,16,18H,6-9,12H2,1-5H3/t14-,16+,18-/m1/s1. The van der Waals surface area contributed by atoms with E-state index in [1.165, 1.54) is 37.1 Å². The summed E-state index contributed by atoms with van der Waals surface area (Å²) in [6, 6.07) is 4.97. The van der Waals surface area contributed by atoms with E-state index in [1.807, 2.05) is 0 Å². The van der Waals surface area contributed by atoms with Gasteiger partial charge in [-0.3, -0.25) is 4.90 Å². The van der Waals surface area contributed by atoms with Gasteiger partial charge in [-0.1, -0.05) is 20.8 Å². The molecule has 2 aliphatic heterocycles. The van der Waals surface area contributed by atoms with E-state index in [0.29, 0.717) is 6.04 Å². The molecule has 1 aromatic rings. The lowest BCUT2D eigenvalue weighted by molar-refractivity contribution is 0.0515. The maximum absolute atomic E-state index is 5.54. The average Bonchev–Trinajstić information content (AvgIpc) is 2.53. The van der Waals surface area contributed by atoms with Crippen molar-refractivity contribution >= 4 is 0 Å². The van der Waals surface area contributed by atoms with Gasteiger partial charge in [-0.25, -0.2) is 0 Å². The smallest absolute Gasteiger partial charge is 0.161 e. The topological polar surface area (TPSA) is 21.7 Å². The molecule has 1 fully saturated rings. The van der Waals surface area contributed by atoms with Gasteiger partial charge in [0.2, 0.25) is 0 Å². The summed E-state index contributed by atoms with van der Waals surface area (Å²) in [5.74, 6) is 4.15. The third-order valence-electron chi connectivity index (χ3n) is 5.76. The van der Waals surface area contributed by atoms with Crippen molar-refractivity contribution in [1.82, 2.24) is 4.90 Å². The minimum atomic E-state index is 0.553. The second kappa shape index (κ2) is 6.72. The molecule has 23 heavy (non-hydrogen) atoms. The molecule has 3 rings (SSSR count). The van der Waals surface area contributed by atoms with Gasteiger partial charge in [0.15, 0.2) is 11.5 Å². The molecule has 2 heterocycles. The maximum atomic E-state index is 5.54. The summed E-state index contributed by atoms with van der Waals surface area (Å²) in [5.41, 5.74) is 2.90. The zero-order chi connectivity index (χ0) is 16.6. The van der Waals surface area contributed by atoms with E-state index in [4.69, 9.17) is 9.47 Å². The van der Waals surface area contributed by atoms with Crippen LogP contribution in [0.3, 0.4) is 0 Å². The minimum Gasteiger partial charge on any atom is -0.493 e. The number of nitrogens with zero attached hydrogens (tertiary/aromatic N) is 1. The van der Waals surface area contributed by atoms with Crippen molar-refractivity contribution in [3.05, 3.63) is 23.3 Å². The Kier molecular flexibility index (Phi) is 4.86. The Morgan fingerprint density at radius 2 is 1.87 bits per heavy atom. The Morgan fingerprint density at radius 1 is 1.17 bits per heavy atom. The number of methoxy groups -OCH3 is 2. The number of hydrogen-bond acceptors (Lipinski definition) is 3. The summed E-state index contributed by atoms with van der Waals surface area (Å²) in [6.07, 6.45) is 3.73. The van der Waals surface area contributed by atoms with Crippen LogP contribution in [0, 0.1) is 17.8 Å². The quantitative estimate of drug-likeness (QED) is 0.826. The first-order chi connectivity index (χ1) is 11.0. The van der Waals surface area contributed by atoms with Gasteiger partial charge in [-0.15, -0.1) is 0 Å². The summed E-state index contributed by atoms with van der Waals surface area (Å²) in [4.78, 5) is 2.71. The number of fused-ring (bicyclic) bond motifs is 3. The predicted octanol–water partition coefficient (Wildman–Crippen LogP) is 4.31. The summed E-state index contributed by atoms with van der Waals surface area (Å²) in [6.45, 7) is 9.56. The van der Waals surface area contributed by atoms with Crippen LogP contribution in [0.25, 0.3) is 0 Å². The van der Waals surface area contributed by atoms with Gasteiger partial charge >= 0.3 is 0 Å². The van der Waals surface area contributed by atoms with Crippen molar-refractivity contribution in [2.75, 3.05) is 27.3 Å². The van der Waals surface area contributed by atoms with E-state index in [0.717, 1.165) is 35.7 Å². The highest BCUT2D eigenvalue weighted by Crippen LogP contribution is 2.45. The second-order valence-electron chi connectivity index (χ2n) is 7.77. The molecule has 0 spiro atoms. The molecule has 0 N–H and O–H groups in total. The number of hydrogen-bond donors (Lipinski definition) is 0. The predicted molar refractivity (Wildman–Crippen MR) is 94.3 cm³/mol. The zero-order valence-corrected chi connectivity index (χ0v) is 15.3. The SMILES string of the molecule is COc1cc2c(cc1OC)[C@H]1C[C@@H](C)[C@@H](CC(C)C)CN1CC2. The first kappa shape index (κ1) is 16.6. The third kappa shape index (κ3) is 3.21. The summed E-state index contributed by atoms with van der Waals surface area (Å²) >= 11 is 0. The first-order valence-electron chi connectivity index (χ1n) is 9.02. The number of ether oxygens (including phenoxy) is 2. The fourth-order valence-electron chi connectivity index (χ4n) is 4.51. The monoisotopic (exact) mass is 317 g/mol. The van der Waals surface area contributed by atoms with Crippen LogP contribution in [0.4, 0.5) is 0 Å². The molecule has 0 unspecified atom stereocenters. The van der Waals surface area contributed by atoms with E-state index in [-0.39, 0.29) is 0 Å². The van der Waals surface area contributed by atoms with Crippen LogP contribution in [0.1, 0.15) is 50.8 Å². The normalized spacial score (nSPS) is 27.5. The Labute approximate surface area is 141 Å². The van der Waals surface area contributed by atoms with Crippen LogP contribution >= 0.6 is 0 Å². The van der Waals surface area contributed by atoms with E-state index in [1.54, 1.807) is 14.2 Å². The summed E-state index contributed by atoms with van der Waals surface area (Å²) in [5, 5.41) is 0. The van der Waals surface area contributed by atoms with E-state index >= 15 is 0 Å². The van der Waals surface area contributed by atoms with Crippen LogP contribution in [0.2, 0.25) is 0 Å². The highest BCUT2D eigenvalue weighted by molar-refractivity contribution is 5.49. The first-order valence-corrected chi connectivity index (χ1v) is 9.02. The van der Waals surface area contributed by atoms with Crippen molar-refractivity contribution in [2.24, 2.45) is 17.8 Å². The van der Waals surface area contributed by atoms with Crippen LogP contribution < -0.4 is 9.47 Å². The van der Waals surface area contributed by atoms with Gasteiger partial charge in [-0.05, 0) is 60.3 Å². The fraction of sp³-hybridized carbons (Fsp3) is 0.700. The van der Waals surface area contributed by atoms with Gasteiger partial charge in [0.05, 0.1) is 14.2 Å². The van der Waals surface area contributed by atoms with Gasteiger partial charge in [0.25, 0.3) is 0 Å². The molecule has 0 radical (unpaired) electrons. The third-order valence-corrected chi connectivity index (χ3v) is 5.76. The highest BCUT2D eigenvalue weighted by atomic mass is 16.5. The number of benzene rings is 1. The second-order valence-corrected chi connectivity index (χ2v) is 7.77. The van der Waals surface area contributed by atoms with Crippen molar-refractivity contribution < 1.29 is 9.47 Å². The van der Waals surface area contributed by atoms with Gasteiger partial charge in [0, 0.05) is 19.1 Å². The number of rotatable bonds is 4. The fourth-order valence-corrected chi connectivity index (χ4v) is 4.51. The Hall–Kier alpha value is -1.22. The van der Waals surface area contributed by atoms with E-state index in [2.05, 4.69) is 37.8 Å². The Bertz CT molecular complexity index is 555. The maximum Gasteiger partial charge on any atom is 0.161 e. The number of piperidine rings is 1. The zero-order valence-electron chi connectivity index (χ0n) is 15.3.